The minimum atomic E-state index is 0.537. The van der Waals surface area contributed by atoms with Crippen LogP contribution in [-0.2, 0) is 6.42 Å². The highest BCUT2D eigenvalue weighted by molar-refractivity contribution is 5.13. The summed E-state index contributed by atoms with van der Waals surface area (Å²) in [5, 5.41) is 3.41. The molecule has 2 nitrogen and oxygen atoms in total. The lowest BCUT2D eigenvalue weighted by Gasteiger charge is -2.22. The first kappa shape index (κ1) is 13.2. The molecule has 0 fully saturated rings. The number of rotatable bonds is 6. The maximum Gasteiger partial charge on any atom is 0.0419 e. The third-order valence-corrected chi connectivity index (χ3v) is 3.20. The van der Waals surface area contributed by atoms with Crippen molar-refractivity contribution in [3.8, 4) is 0 Å². The fraction of sp³-hybridized carbons (Fsp3) is 0.643. The van der Waals surface area contributed by atoms with Gasteiger partial charge in [-0.2, -0.15) is 0 Å². The molecule has 16 heavy (non-hydrogen) atoms. The quantitative estimate of drug-likeness (QED) is 0.797. The van der Waals surface area contributed by atoms with Crippen molar-refractivity contribution in [2.75, 3.05) is 7.05 Å². The van der Waals surface area contributed by atoms with Crippen molar-refractivity contribution in [2.24, 2.45) is 5.92 Å². The number of pyridine rings is 1. The molecule has 0 aliphatic rings. The molecule has 0 amide bonds. The van der Waals surface area contributed by atoms with Crippen molar-refractivity contribution < 1.29 is 0 Å². The lowest BCUT2D eigenvalue weighted by atomic mass is 9.93. The number of likely N-dealkylation sites (N-methyl/N-ethyl adjacent to an activating group) is 1. The van der Waals surface area contributed by atoms with Crippen LogP contribution < -0.4 is 5.32 Å². The molecule has 2 unspecified atom stereocenters. The molecule has 0 aliphatic heterocycles. The average Bonchev–Trinajstić information content (AvgIpc) is 2.28. The van der Waals surface area contributed by atoms with Gasteiger partial charge >= 0.3 is 0 Å². The van der Waals surface area contributed by atoms with E-state index in [1.54, 1.807) is 0 Å². The van der Waals surface area contributed by atoms with Crippen LogP contribution >= 0.6 is 0 Å². The van der Waals surface area contributed by atoms with Gasteiger partial charge in [0.15, 0.2) is 0 Å². The molecule has 1 aromatic rings. The zero-order valence-corrected chi connectivity index (χ0v) is 11.0. The van der Waals surface area contributed by atoms with E-state index in [1.807, 2.05) is 13.2 Å². The van der Waals surface area contributed by atoms with Crippen molar-refractivity contribution in [1.82, 2.24) is 10.3 Å². The van der Waals surface area contributed by atoms with E-state index in [4.69, 9.17) is 0 Å². The molecule has 0 saturated heterocycles. The molecular weight excluding hydrogens is 196 g/mol. The number of hydrogen-bond donors (Lipinski definition) is 1. The molecule has 0 spiro atoms. The molecule has 0 aromatic carbocycles. The van der Waals surface area contributed by atoms with Crippen molar-refractivity contribution >= 4 is 0 Å². The molecule has 1 N–H and O–H groups in total. The summed E-state index contributed by atoms with van der Waals surface area (Å²) in [7, 11) is 2.05. The maximum absolute atomic E-state index is 4.47. The van der Waals surface area contributed by atoms with E-state index in [2.05, 4.69) is 43.2 Å². The zero-order chi connectivity index (χ0) is 12.0. The molecular formula is C14H24N2. The minimum absolute atomic E-state index is 0.537. The summed E-state index contributed by atoms with van der Waals surface area (Å²) in [4.78, 5) is 4.47. The van der Waals surface area contributed by atoms with Crippen molar-refractivity contribution in [2.45, 2.75) is 46.1 Å². The van der Waals surface area contributed by atoms with E-state index < -0.39 is 0 Å². The van der Waals surface area contributed by atoms with E-state index in [0.29, 0.717) is 12.0 Å². The van der Waals surface area contributed by atoms with E-state index in [1.165, 1.54) is 24.1 Å². The summed E-state index contributed by atoms with van der Waals surface area (Å²) >= 11 is 0. The SMILES string of the molecule is CCCC(C)C(Cc1ccc(C)cn1)NC. The van der Waals surface area contributed by atoms with Gasteiger partial charge in [0, 0.05) is 24.4 Å². The molecule has 1 heterocycles. The summed E-state index contributed by atoms with van der Waals surface area (Å²) in [5.41, 5.74) is 2.42. The third kappa shape index (κ3) is 3.93. The fourth-order valence-corrected chi connectivity index (χ4v) is 2.09. The molecule has 0 saturated carbocycles. The van der Waals surface area contributed by atoms with Gasteiger partial charge in [0.2, 0.25) is 0 Å². The Morgan fingerprint density at radius 2 is 2.12 bits per heavy atom. The number of nitrogens with zero attached hydrogens (tertiary/aromatic N) is 1. The summed E-state index contributed by atoms with van der Waals surface area (Å²) in [6.07, 6.45) is 5.50. The molecule has 0 aliphatic carbocycles. The lowest BCUT2D eigenvalue weighted by Crippen LogP contribution is -2.34. The Morgan fingerprint density at radius 1 is 1.38 bits per heavy atom. The maximum atomic E-state index is 4.47. The van der Waals surface area contributed by atoms with E-state index in [0.717, 1.165) is 6.42 Å². The number of aromatic nitrogens is 1. The highest BCUT2D eigenvalue weighted by atomic mass is 14.9. The van der Waals surface area contributed by atoms with Gasteiger partial charge in [-0.25, -0.2) is 0 Å². The standard InChI is InChI=1S/C14H24N2/c1-5-6-12(3)14(15-4)9-13-8-7-11(2)10-16-13/h7-8,10,12,14-15H,5-6,9H2,1-4H3. The van der Waals surface area contributed by atoms with Gasteiger partial charge in [0.1, 0.15) is 0 Å². The topological polar surface area (TPSA) is 24.9 Å². The Bertz CT molecular complexity index is 292. The van der Waals surface area contributed by atoms with Crippen LogP contribution in [0.5, 0.6) is 0 Å². The highest BCUT2D eigenvalue weighted by Crippen LogP contribution is 2.14. The van der Waals surface area contributed by atoms with Gasteiger partial charge in [0.25, 0.3) is 0 Å². The number of nitrogens with one attached hydrogen (secondary N) is 1. The van der Waals surface area contributed by atoms with Gasteiger partial charge in [-0.15, -0.1) is 0 Å². The molecule has 1 rings (SSSR count). The Hall–Kier alpha value is -0.890. The van der Waals surface area contributed by atoms with Crippen LogP contribution in [0.4, 0.5) is 0 Å². The minimum Gasteiger partial charge on any atom is -0.316 e. The third-order valence-electron chi connectivity index (χ3n) is 3.20. The molecule has 2 heteroatoms. The molecule has 2 atom stereocenters. The zero-order valence-electron chi connectivity index (χ0n) is 11.0. The number of hydrogen-bond acceptors (Lipinski definition) is 2. The van der Waals surface area contributed by atoms with Crippen LogP contribution in [0.25, 0.3) is 0 Å². The second-order valence-corrected chi connectivity index (χ2v) is 4.69. The Morgan fingerprint density at radius 3 is 2.62 bits per heavy atom. The largest absolute Gasteiger partial charge is 0.316 e. The average molecular weight is 220 g/mol. The van der Waals surface area contributed by atoms with Crippen molar-refractivity contribution in [3.05, 3.63) is 29.6 Å². The van der Waals surface area contributed by atoms with Crippen LogP contribution in [0.3, 0.4) is 0 Å². The second-order valence-electron chi connectivity index (χ2n) is 4.69. The Kier molecular flexibility index (Phi) is 5.47. The van der Waals surface area contributed by atoms with Crippen LogP contribution in [0, 0.1) is 12.8 Å². The predicted molar refractivity (Wildman–Crippen MR) is 69.6 cm³/mol. The van der Waals surface area contributed by atoms with Gasteiger partial charge in [0.05, 0.1) is 0 Å². The molecule has 0 radical (unpaired) electrons. The first-order chi connectivity index (χ1) is 7.67. The second kappa shape index (κ2) is 6.64. The normalized spacial score (nSPS) is 14.8. The highest BCUT2D eigenvalue weighted by Gasteiger charge is 2.15. The van der Waals surface area contributed by atoms with Gasteiger partial charge in [-0.3, -0.25) is 4.98 Å². The number of aryl methyl sites for hydroxylation is 1. The van der Waals surface area contributed by atoms with E-state index in [9.17, 15) is 0 Å². The van der Waals surface area contributed by atoms with Gasteiger partial charge in [-0.1, -0.05) is 26.3 Å². The van der Waals surface area contributed by atoms with Crippen molar-refractivity contribution in [3.63, 3.8) is 0 Å². The first-order valence-electron chi connectivity index (χ1n) is 6.26. The lowest BCUT2D eigenvalue weighted by molar-refractivity contribution is 0.369. The van der Waals surface area contributed by atoms with Gasteiger partial charge in [-0.05, 0) is 37.9 Å². The van der Waals surface area contributed by atoms with Gasteiger partial charge < -0.3 is 5.32 Å². The van der Waals surface area contributed by atoms with Crippen molar-refractivity contribution in [1.29, 1.82) is 0 Å². The fourth-order valence-electron chi connectivity index (χ4n) is 2.09. The molecule has 90 valence electrons. The molecule has 1 aromatic heterocycles. The van der Waals surface area contributed by atoms with Crippen LogP contribution in [0.2, 0.25) is 0 Å². The van der Waals surface area contributed by atoms with E-state index in [-0.39, 0.29) is 0 Å². The summed E-state index contributed by atoms with van der Waals surface area (Å²) in [6.45, 7) is 6.64. The monoisotopic (exact) mass is 220 g/mol. The summed E-state index contributed by atoms with van der Waals surface area (Å²) in [6, 6.07) is 4.81. The smallest absolute Gasteiger partial charge is 0.0419 e. The summed E-state index contributed by atoms with van der Waals surface area (Å²) < 4.78 is 0. The Labute approximate surface area is 99.5 Å². The molecule has 0 bridgehead atoms. The van der Waals surface area contributed by atoms with Crippen LogP contribution in [-0.4, -0.2) is 18.1 Å². The first-order valence-corrected chi connectivity index (χ1v) is 6.26. The van der Waals surface area contributed by atoms with E-state index >= 15 is 0 Å². The predicted octanol–water partition coefficient (Wildman–Crippen LogP) is 2.96. The Balaban J connectivity index is 2.59. The summed E-state index contributed by atoms with van der Waals surface area (Å²) in [5.74, 6) is 0.707. The van der Waals surface area contributed by atoms with Crippen LogP contribution in [0.1, 0.15) is 37.9 Å². The van der Waals surface area contributed by atoms with Crippen LogP contribution in [0.15, 0.2) is 18.3 Å².